The molecule has 0 saturated carbocycles. The third-order valence-electron chi connectivity index (χ3n) is 3.62. The molecule has 25 heavy (non-hydrogen) atoms. The fraction of sp³-hybridized carbons (Fsp3) is 0.0500. The van der Waals surface area contributed by atoms with Gasteiger partial charge in [-0.05, 0) is 53.6 Å². The molecule has 0 aliphatic carbocycles. The Morgan fingerprint density at radius 3 is 2.36 bits per heavy atom. The highest BCUT2D eigenvalue weighted by Gasteiger charge is 2.01. The second kappa shape index (κ2) is 7.40. The topological polar surface area (TPSA) is 78.4 Å². The maximum absolute atomic E-state index is 9.60. The zero-order valence-corrected chi connectivity index (χ0v) is 13.7. The molecule has 0 unspecified atom stereocenters. The Bertz CT molecular complexity index is 909. The first-order chi connectivity index (χ1) is 12.1. The number of rotatable bonds is 5. The summed E-state index contributed by atoms with van der Waals surface area (Å²) in [5, 5.41) is 26.1. The summed E-state index contributed by atoms with van der Waals surface area (Å²) in [7, 11) is 1.52. The molecule has 3 rings (SSSR count). The first-order valence-corrected chi connectivity index (χ1v) is 7.71. The van der Waals surface area contributed by atoms with Crippen LogP contribution in [0.25, 0.3) is 24.3 Å². The number of methoxy groups -OCH3 is 1. The highest BCUT2D eigenvalue weighted by molar-refractivity contribution is 5.72. The van der Waals surface area contributed by atoms with Gasteiger partial charge >= 0.3 is 0 Å². The van der Waals surface area contributed by atoms with E-state index in [4.69, 9.17) is 4.74 Å². The van der Waals surface area contributed by atoms with E-state index in [0.29, 0.717) is 5.75 Å². The standard InChI is InChI=1S/C20H18N2O3/c1-25-20-12-15(6-11-19(20)24)3-8-17-13-16(21-22-17)7-2-14-4-9-18(23)10-5-14/h2-13,23-24H,1H3,(H,21,22)/b7-2+,8-3+. The van der Waals surface area contributed by atoms with Crippen molar-refractivity contribution in [3.8, 4) is 17.2 Å². The van der Waals surface area contributed by atoms with Crippen molar-refractivity contribution in [3.63, 3.8) is 0 Å². The Morgan fingerprint density at radius 2 is 1.60 bits per heavy atom. The monoisotopic (exact) mass is 334 g/mol. The van der Waals surface area contributed by atoms with Crippen molar-refractivity contribution < 1.29 is 14.9 Å². The third kappa shape index (κ3) is 4.29. The molecule has 0 atom stereocenters. The van der Waals surface area contributed by atoms with Gasteiger partial charge in [-0.2, -0.15) is 5.10 Å². The number of hydrogen-bond donors (Lipinski definition) is 3. The molecule has 0 spiro atoms. The largest absolute Gasteiger partial charge is 0.508 e. The lowest BCUT2D eigenvalue weighted by Crippen LogP contribution is -1.84. The van der Waals surface area contributed by atoms with Gasteiger partial charge in [0.05, 0.1) is 18.5 Å². The highest BCUT2D eigenvalue weighted by atomic mass is 16.5. The lowest BCUT2D eigenvalue weighted by molar-refractivity contribution is 0.373. The minimum absolute atomic E-state index is 0.112. The number of nitrogens with zero attached hydrogens (tertiary/aromatic N) is 1. The number of ether oxygens (including phenoxy) is 1. The van der Waals surface area contributed by atoms with Crippen LogP contribution in [0, 0.1) is 0 Å². The van der Waals surface area contributed by atoms with E-state index in [1.54, 1.807) is 30.3 Å². The number of phenolic OH excluding ortho intramolecular Hbond substituents is 2. The highest BCUT2D eigenvalue weighted by Crippen LogP contribution is 2.27. The smallest absolute Gasteiger partial charge is 0.161 e. The van der Waals surface area contributed by atoms with Crippen LogP contribution in [0.2, 0.25) is 0 Å². The van der Waals surface area contributed by atoms with Crippen LogP contribution in [-0.2, 0) is 0 Å². The number of aromatic amines is 1. The molecule has 5 nitrogen and oxygen atoms in total. The maximum atomic E-state index is 9.60. The molecule has 0 fully saturated rings. The SMILES string of the molecule is COc1cc(/C=C/c2cc(/C=C/c3ccc(O)cc3)[nH]n2)ccc1O. The van der Waals surface area contributed by atoms with E-state index in [2.05, 4.69) is 10.2 Å². The summed E-state index contributed by atoms with van der Waals surface area (Å²) in [6.45, 7) is 0. The van der Waals surface area contributed by atoms with Crippen molar-refractivity contribution in [2.24, 2.45) is 0 Å². The van der Waals surface area contributed by atoms with E-state index in [1.165, 1.54) is 7.11 Å². The zero-order chi connectivity index (χ0) is 17.6. The van der Waals surface area contributed by atoms with Gasteiger partial charge in [-0.25, -0.2) is 0 Å². The Labute approximate surface area is 145 Å². The van der Waals surface area contributed by atoms with Crippen molar-refractivity contribution in [1.29, 1.82) is 0 Å². The van der Waals surface area contributed by atoms with Crippen LogP contribution in [0.15, 0.2) is 48.5 Å². The Morgan fingerprint density at radius 1 is 0.880 bits per heavy atom. The van der Waals surface area contributed by atoms with E-state index < -0.39 is 0 Å². The molecule has 0 aliphatic heterocycles. The Kier molecular flexibility index (Phi) is 4.85. The van der Waals surface area contributed by atoms with Crippen LogP contribution in [0.4, 0.5) is 0 Å². The first-order valence-electron chi connectivity index (χ1n) is 7.71. The van der Waals surface area contributed by atoms with Gasteiger partial charge in [0, 0.05) is 0 Å². The van der Waals surface area contributed by atoms with Gasteiger partial charge in [0.25, 0.3) is 0 Å². The predicted molar refractivity (Wildman–Crippen MR) is 99.2 cm³/mol. The molecule has 1 aromatic heterocycles. The van der Waals surface area contributed by atoms with Crippen LogP contribution in [0.3, 0.4) is 0 Å². The van der Waals surface area contributed by atoms with Gasteiger partial charge in [0.1, 0.15) is 5.75 Å². The van der Waals surface area contributed by atoms with E-state index in [9.17, 15) is 10.2 Å². The predicted octanol–water partition coefficient (Wildman–Crippen LogP) is 4.17. The summed E-state index contributed by atoms with van der Waals surface area (Å²) < 4.78 is 5.09. The first kappa shape index (κ1) is 16.4. The van der Waals surface area contributed by atoms with Gasteiger partial charge in [-0.1, -0.05) is 30.4 Å². The average Bonchev–Trinajstić information content (AvgIpc) is 3.08. The molecule has 3 aromatic rings. The fourth-order valence-corrected chi connectivity index (χ4v) is 2.27. The van der Waals surface area contributed by atoms with Crippen LogP contribution >= 0.6 is 0 Å². The molecule has 126 valence electrons. The number of phenols is 2. The summed E-state index contributed by atoms with van der Waals surface area (Å²) in [4.78, 5) is 0. The number of benzene rings is 2. The van der Waals surface area contributed by atoms with E-state index in [0.717, 1.165) is 22.5 Å². The van der Waals surface area contributed by atoms with Gasteiger partial charge in [-0.15, -0.1) is 0 Å². The lowest BCUT2D eigenvalue weighted by Gasteiger charge is -2.03. The molecular formula is C20H18N2O3. The van der Waals surface area contributed by atoms with Crippen LogP contribution in [-0.4, -0.2) is 27.5 Å². The normalized spacial score (nSPS) is 11.4. The summed E-state index contributed by atoms with van der Waals surface area (Å²) >= 11 is 0. The molecular weight excluding hydrogens is 316 g/mol. The third-order valence-corrected chi connectivity index (χ3v) is 3.62. The summed E-state index contributed by atoms with van der Waals surface area (Å²) in [6, 6.07) is 14.0. The van der Waals surface area contributed by atoms with Crippen LogP contribution < -0.4 is 4.74 Å². The molecule has 1 heterocycles. The van der Waals surface area contributed by atoms with Gasteiger partial charge in [0.15, 0.2) is 11.5 Å². The molecule has 3 N–H and O–H groups in total. The lowest BCUT2D eigenvalue weighted by atomic mass is 10.1. The molecule has 5 heteroatoms. The molecule has 0 amide bonds. The van der Waals surface area contributed by atoms with Gasteiger partial charge < -0.3 is 14.9 Å². The molecule has 0 bridgehead atoms. The number of aromatic hydroxyl groups is 2. The molecule has 0 aliphatic rings. The number of nitrogens with one attached hydrogen (secondary N) is 1. The minimum atomic E-state index is 0.112. The second-order valence-electron chi connectivity index (χ2n) is 5.44. The number of aromatic nitrogens is 2. The number of H-pyrrole nitrogens is 1. The molecule has 2 aromatic carbocycles. The molecule has 0 radical (unpaired) electrons. The quantitative estimate of drug-likeness (QED) is 0.654. The summed E-state index contributed by atoms with van der Waals surface area (Å²) in [5.74, 6) is 0.791. The van der Waals surface area contributed by atoms with E-state index in [1.807, 2.05) is 42.5 Å². The van der Waals surface area contributed by atoms with Crippen molar-refractivity contribution in [1.82, 2.24) is 10.2 Å². The Balaban J connectivity index is 1.70. The van der Waals surface area contributed by atoms with E-state index >= 15 is 0 Å². The minimum Gasteiger partial charge on any atom is -0.508 e. The number of hydrogen-bond acceptors (Lipinski definition) is 4. The molecule has 0 saturated heterocycles. The van der Waals surface area contributed by atoms with Crippen molar-refractivity contribution in [2.45, 2.75) is 0 Å². The van der Waals surface area contributed by atoms with Crippen LogP contribution in [0.5, 0.6) is 17.2 Å². The average molecular weight is 334 g/mol. The Hall–Kier alpha value is -3.47. The summed E-state index contributed by atoms with van der Waals surface area (Å²) in [6.07, 6.45) is 7.62. The van der Waals surface area contributed by atoms with Crippen molar-refractivity contribution >= 4 is 24.3 Å². The van der Waals surface area contributed by atoms with E-state index in [-0.39, 0.29) is 11.5 Å². The fourth-order valence-electron chi connectivity index (χ4n) is 2.27. The van der Waals surface area contributed by atoms with Crippen molar-refractivity contribution in [2.75, 3.05) is 7.11 Å². The maximum Gasteiger partial charge on any atom is 0.161 e. The van der Waals surface area contributed by atoms with Gasteiger partial charge in [-0.3, -0.25) is 5.10 Å². The summed E-state index contributed by atoms with van der Waals surface area (Å²) in [5.41, 5.74) is 3.55. The van der Waals surface area contributed by atoms with Crippen molar-refractivity contribution in [3.05, 3.63) is 71.0 Å². The van der Waals surface area contributed by atoms with Gasteiger partial charge in [0.2, 0.25) is 0 Å². The second-order valence-corrected chi connectivity index (χ2v) is 5.44. The zero-order valence-electron chi connectivity index (χ0n) is 13.7. The van der Waals surface area contributed by atoms with Crippen LogP contribution in [0.1, 0.15) is 22.5 Å².